The first-order chi connectivity index (χ1) is 40.0. The maximum atomic E-state index is 5.27. The third-order valence-corrected chi connectivity index (χ3v) is 18.5. The van der Waals surface area contributed by atoms with Gasteiger partial charge in [-0.1, -0.05) is 208 Å². The number of para-hydroxylation sites is 1. The van der Waals surface area contributed by atoms with Crippen LogP contribution in [0.2, 0.25) is 0 Å². The number of hydrogen-bond acceptors (Lipinski definition) is 3. The van der Waals surface area contributed by atoms with Crippen molar-refractivity contribution in [2.24, 2.45) is 0 Å². The summed E-state index contributed by atoms with van der Waals surface area (Å²) in [5.41, 5.74) is 31.3. The maximum absolute atomic E-state index is 5.27. The molecule has 13 rings (SSSR count). The standard InChI is InChI=1S/C80H73N3/c1-13-59(81(74-43-28-52(3)46-55(74)6)62-39-41-66-64-20-14-16-22-68(64)78(9,10)71(66)49-62)36-31-57(8)80(70-24-18-19-25-76(70)83(61-34-26-51(2)27-35-61)77-45-30-54(5)48-73(77)80)58-32-37-60(38-33-58)82(75-44-29-53(4)47-56(75)7)63-40-42-67-65-21-15-17-23-69(65)79(11,12)72(67)50-63/h13-50H,8H2,1-7,9-12H3/b36-31-,59-13+. The Balaban J connectivity index is 0.997. The zero-order chi connectivity index (χ0) is 57.7. The van der Waals surface area contributed by atoms with Crippen molar-refractivity contribution in [3.63, 3.8) is 0 Å². The second-order valence-electron chi connectivity index (χ2n) is 24.6. The minimum atomic E-state index is -0.838. The molecule has 3 aliphatic rings. The lowest BCUT2D eigenvalue weighted by Crippen LogP contribution is -2.38. The zero-order valence-electron chi connectivity index (χ0n) is 50.0. The fourth-order valence-corrected chi connectivity index (χ4v) is 14.3. The van der Waals surface area contributed by atoms with Crippen molar-refractivity contribution in [1.29, 1.82) is 0 Å². The first-order valence-corrected chi connectivity index (χ1v) is 29.5. The van der Waals surface area contributed by atoms with Gasteiger partial charge in [-0.3, -0.25) is 0 Å². The normalized spacial score (nSPS) is 15.9. The van der Waals surface area contributed by atoms with Crippen LogP contribution >= 0.6 is 0 Å². The van der Waals surface area contributed by atoms with Crippen LogP contribution in [0.4, 0.5) is 45.5 Å². The minimum Gasteiger partial charge on any atom is -0.311 e. The fraction of sp³-hybridized carbons (Fsp3) is 0.175. The van der Waals surface area contributed by atoms with E-state index in [1.54, 1.807) is 0 Å². The molecule has 1 aliphatic heterocycles. The largest absolute Gasteiger partial charge is 0.311 e. The average Bonchev–Trinajstić information content (AvgIpc) is 1.61. The fourth-order valence-electron chi connectivity index (χ4n) is 14.3. The molecule has 0 aromatic heterocycles. The lowest BCUT2D eigenvalue weighted by molar-refractivity contribution is 0.660. The molecule has 0 saturated carbocycles. The van der Waals surface area contributed by atoms with Crippen molar-refractivity contribution < 1.29 is 0 Å². The van der Waals surface area contributed by atoms with E-state index in [-0.39, 0.29) is 10.8 Å². The number of nitrogens with zero attached hydrogens (tertiary/aromatic N) is 3. The summed E-state index contributed by atoms with van der Waals surface area (Å²) in [4.78, 5) is 7.37. The number of rotatable bonds is 11. The van der Waals surface area contributed by atoms with Gasteiger partial charge in [-0.05, 0) is 205 Å². The number of anilines is 8. The summed E-state index contributed by atoms with van der Waals surface area (Å²) < 4.78 is 0. The first-order valence-electron chi connectivity index (χ1n) is 29.5. The number of benzene rings is 10. The van der Waals surface area contributed by atoms with Crippen LogP contribution in [-0.4, -0.2) is 0 Å². The smallest absolute Gasteiger partial charge is 0.0736 e. The zero-order valence-corrected chi connectivity index (χ0v) is 50.0. The van der Waals surface area contributed by atoms with Crippen LogP contribution in [0, 0.1) is 41.5 Å². The molecule has 1 heterocycles. The molecule has 0 fully saturated rings. The van der Waals surface area contributed by atoms with Gasteiger partial charge in [0.25, 0.3) is 0 Å². The van der Waals surface area contributed by atoms with Crippen LogP contribution in [0.25, 0.3) is 22.3 Å². The highest BCUT2D eigenvalue weighted by molar-refractivity contribution is 5.92. The van der Waals surface area contributed by atoms with Crippen molar-refractivity contribution >= 4 is 45.5 Å². The lowest BCUT2D eigenvalue weighted by atomic mass is 9.62. The Bertz CT molecular complexity index is 4320. The van der Waals surface area contributed by atoms with Crippen molar-refractivity contribution in [2.45, 2.75) is 92.4 Å². The van der Waals surface area contributed by atoms with Crippen molar-refractivity contribution in [2.75, 3.05) is 14.7 Å². The van der Waals surface area contributed by atoms with Gasteiger partial charge in [0.1, 0.15) is 0 Å². The summed E-state index contributed by atoms with van der Waals surface area (Å²) in [6.07, 6.45) is 6.87. The summed E-state index contributed by atoms with van der Waals surface area (Å²) in [5, 5.41) is 0. The number of hydrogen-bond donors (Lipinski definition) is 0. The topological polar surface area (TPSA) is 9.72 Å². The van der Waals surface area contributed by atoms with E-state index in [1.807, 2.05) is 0 Å². The SMILES string of the molecule is C=C(/C=C\C(=C/C)N(c1ccc2c(c1)C(C)(C)c1ccccc1-2)c1ccc(C)cc1C)C1(c2ccc(N(c3ccc4c(c3)C(C)(C)c3ccccc3-4)c3ccc(C)cc3C)cc2)c2ccccc2N(c2ccc(C)cc2)c2ccc(C)cc21. The first kappa shape index (κ1) is 53.1. The Labute approximate surface area is 492 Å². The summed E-state index contributed by atoms with van der Waals surface area (Å²) >= 11 is 0. The lowest BCUT2D eigenvalue weighted by Gasteiger charge is -2.47. The number of aryl methyl sites for hydroxylation is 6. The van der Waals surface area contributed by atoms with E-state index in [1.165, 1.54) is 89.0 Å². The van der Waals surface area contributed by atoms with Gasteiger partial charge in [0.15, 0.2) is 0 Å². The van der Waals surface area contributed by atoms with E-state index in [9.17, 15) is 0 Å². The molecule has 1 unspecified atom stereocenters. The highest BCUT2D eigenvalue weighted by Gasteiger charge is 2.47. The Kier molecular flexibility index (Phi) is 12.8. The molecule has 0 N–H and O–H groups in total. The van der Waals surface area contributed by atoms with Crippen LogP contribution in [0.3, 0.4) is 0 Å². The molecule has 83 heavy (non-hydrogen) atoms. The molecular weight excluding hydrogens is 1000 g/mol. The number of allylic oxidation sites excluding steroid dienone is 4. The Morgan fingerprint density at radius 1 is 0.410 bits per heavy atom. The van der Waals surface area contributed by atoms with Gasteiger partial charge in [0.2, 0.25) is 0 Å². The van der Waals surface area contributed by atoms with Crippen LogP contribution < -0.4 is 14.7 Å². The molecule has 3 heteroatoms. The van der Waals surface area contributed by atoms with Gasteiger partial charge in [-0.15, -0.1) is 0 Å². The Morgan fingerprint density at radius 2 is 0.892 bits per heavy atom. The summed E-state index contributed by atoms with van der Waals surface area (Å²) in [6.45, 7) is 30.1. The molecule has 408 valence electrons. The molecule has 3 nitrogen and oxygen atoms in total. The molecule has 10 aromatic carbocycles. The van der Waals surface area contributed by atoms with Crippen molar-refractivity contribution in [1.82, 2.24) is 0 Å². The van der Waals surface area contributed by atoms with Gasteiger partial charge >= 0.3 is 0 Å². The molecule has 10 aromatic rings. The molecular formula is C80H73N3. The molecule has 0 spiro atoms. The predicted octanol–water partition coefficient (Wildman–Crippen LogP) is 21.6. The summed E-state index contributed by atoms with van der Waals surface area (Å²) in [7, 11) is 0. The monoisotopic (exact) mass is 1080 g/mol. The highest BCUT2D eigenvalue weighted by atomic mass is 15.2. The summed E-state index contributed by atoms with van der Waals surface area (Å²) in [6, 6.07) is 80.1. The van der Waals surface area contributed by atoms with E-state index >= 15 is 0 Å². The molecule has 0 saturated heterocycles. The van der Waals surface area contributed by atoms with Crippen LogP contribution in [0.15, 0.2) is 248 Å². The third-order valence-electron chi connectivity index (χ3n) is 18.5. The second kappa shape index (κ2) is 20.1. The molecule has 0 amide bonds. The van der Waals surface area contributed by atoms with Gasteiger partial charge in [0, 0.05) is 50.7 Å². The molecule has 0 radical (unpaired) electrons. The van der Waals surface area contributed by atoms with Crippen molar-refractivity contribution in [3.05, 3.63) is 321 Å². The summed E-state index contributed by atoms with van der Waals surface area (Å²) in [5.74, 6) is 0. The van der Waals surface area contributed by atoms with E-state index in [0.717, 1.165) is 62.3 Å². The van der Waals surface area contributed by atoms with E-state index in [0.29, 0.717) is 0 Å². The second-order valence-corrected chi connectivity index (χ2v) is 24.6. The van der Waals surface area contributed by atoms with Gasteiger partial charge in [-0.2, -0.15) is 0 Å². The highest BCUT2D eigenvalue weighted by Crippen LogP contribution is 2.59. The quantitative estimate of drug-likeness (QED) is 0.120. The molecule has 1 atom stereocenters. The van der Waals surface area contributed by atoms with Crippen LogP contribution in [-0.2, 0) is 16.2 Å². The average molecular weight is 1080 g/mol. The van der Waals surface area contributed by atoms with E-state index < -0.39 is 5.41 Å². The Morgan fingerprint density at radius 3 is 1.49 bits per heavy atom. The van der Waals surface area contributed by atoms with Gasteiger partial charge in [0.05, 0.1) is 16.8 Å². The molecule has 0 bridgehead atoms. The van der Waals surface area contributed by atoms with Crippen LogP contribution in [0.5, 0.6) is 0 Å². The Hall–Kier alpha value is -9.18. The third kappa shape index (κ3) is 8.46. The van der Waals surface area contributed by atoms with E-state index in [2.05, 4.69) is 321 Å². The van der Waals surface area contributed by atoms with Crippen molar-refractivity contribution in [3.8, 4) is 22.3 Å². The number of fused-ring (bicyclic) bond motifs is 8. The molecule has 2 aliphatic carbocycles. The maximum Gasteiger partial charge on any atom is 0.0736 e. The van der Waals surface area contributed by atoms with Gasteiger partial charge < -0.3 is 14.7 Å². The van der Waals surface area contributed by atoms with E-state index in [4.69, 9.17) is 6.58 Å². The van der Waals surface area contributed by atoms with Crippen LogP contribution in [0.1, 0.15) is 107 Å². The van der Waals surface area contributed by atoms with Gasteiger partial charge in [-0.25, -0.2) is 0 Å². The predicted molar refractivity (Wildman–Crippen MR) is 353 cm³/mol. The minimum absolute atomic E-state index is 0.153.